The van der Waals surface area contributed by atoms with Crippen LogP contribution in [0.25, 0.3) is 0 Å². The Kier molecular flexibility index (Phi) is 5.82. The van der Waals surface area contributed by atoms with Gasteiger partial charge in [0.05, 0.1) is 0 Å². The van der Waals surface area contributed by atoms with Gasteiger partial charge in [-0.3, -0.25) is 0 Å². The maximum atomic E-state index is 12.1. The molecule has 0 aliphatic carbocycles. The standard InChI is InChI=1S/C13H23N3O3/c1-4-6-11(12(17)18)14-13(19)16-8-5-7-10(16)9-15(2)3/h4,10-11H,1,5-9H2,2-3H3,(H,14,19)(H,17,18). The van der Waals surface area contributed by atoms with Gasteiger partial charge < -0.3 is 20.2 Å². The zero-order chi connectivity index (χ0) is 14.4. The topological polar surface area (TPSA) is 72.9 Å². The summed E-state index contributed by atoms with van der Waals surface area (Å²) >= 11 is 0. The summed E-state index contributed by atoms with van der Waals surface area (Å²) in [5.74, 6) is -1.03. The van der Waals surface area contributed by atoms with Crippen LogP contribution in [-0.4, -0.2) is 66.2 Å². The van der Waals surface area contributed by atoms with E-state index in [1.807, 2.05) is 19.0 Å². The predicted octanol–water partition coefficient (Wildman–Crippen LogP) is 0.751. The highest BCUT2D eigenvalue weighted by Crippen LogP contribution is 2.18. The van der Waals surface area contributed by atoms with Crippen LogP contribution >= 0.6 is 0 Å². The molecule has 1 fully saturated rings. The van der Waals surface area contributed by atoms with Gasteiger partial charge in [-0.1, -0.05) is 6.08 Å². The van der Waals surface area contributed by atoms with Crippen LogP contribution in [0.15, 0.2) is 12.7 Å². The van der Waals surface area contributed by atoms with Gasteiger partial charge in [-0.25, -0.2) is 9.59 Å². The normalized spacial score (nSPS) is 20.4. The number of amides is 2. The summed E-state index contributed by atoms with van der Waals surface area (Å²) in [5.41, 5.74) is 0. The summed E-state index contributed by atoms with van der Waals surface area (Å²) < 4.78 is 0. The second-order valence-electron chi connectivity index (χ2n) is 5.12. The molecule has 6 heteroatoms. The van der Waals surface area contributed by atoms with Crippen LogP contribution in [0.3, 0.4) is 0 Å². The van der Waals surface area contributed by atoms with Gasteiger partial charge in [0.15, 0.2) is 0 Å². The van der Waals surface area contributed by atoms with Crippen LogP contribution in [-0.2, 0) is 4.79 Å². The molecule has 2 N–H and O–H groups in total. The van der Waals surface area contributed by atoms with Crippen molar-refractivity contribution in [3.05, 3.63) is 12.7 Å². The molecule has 108 valence electrons. The van der Waals surface area contributed by atoms with E-state index in [2.05, 4.69) is 11.9 Å². The third kappa shape index (κ3) is 4.55. The number of likely N-dealkylation sites (tertiary alicyclic amines) is 1. The first kappa shape index (κ1) is 15.5. The minimum Gasteiger partial charge on any atom is -0.480 e. The minimum atomic E-state index is -1.03. The third-order valence-corrected chi connectivity index (χ3v) is 3.21. The Morgan fingerprint density at radius 1 is 1.58 bits per heavy atom. The summed E-state index contributed by atoms with van der Waals surface area (Å²) in [7, 11) is 3.93. The van der Waals surface area contributed by atoms with E-state index >= 15 is 0 Å². The number of carbonyl (C=O) groups excluding carboxylic acids is 1. The molecule has 0 radical (unpaired) electrons. The van der Waals surface area contributed by atoms with Crippen molar-refractivity contribution in [2.24, 2.45) is 0 Å². The van der Waals surface area contributed by atoms with Gasteiger partial charge in [0.2, 0.25) is 0 Å². The number of rotatable bonds is 6. The molecule has 1 saturated heterocycles. The number of hydrogen-bond acceptors (Lipinski definition) is 3. The highest BCUT2D eigenvalue weighted by molar-refractivity contribution is 5.83. The minimum absolute atomic E-state index is 0.160. The van der Waals surface area contributed by atoms with Crippen LogP contribution in [0.2, 0.25) is 0 Å². The fraction of sp³-hybridized carbons (Fsp3) is 0.692. The van der Waals surface area contributed by atoms with E-state index in [0.717, 1.165) is 19.4 Å². The molecule has 2 atom stereocenters. The lowest BCUT2D eigenvalue weighted by Gasteiger charge is -2.28. The van der Waals surface area contributed by atoms with Crippen LogP contribution in [0.1, 0.15) is 19.3 Å². The Labute approximate surface area is 114 Å². The Morgan fingerprint density at radius 2 is 2.26 bits per heavy atom. The zero-order valence-corrected chi connectivity index (χ0v) is 11.6. The molecule has 19 heavy (non-hydrogen) atoms. The number of aliphatic carboxylic acids is 1. The molecule has 1 heterocycles. The first-order valence-corrected chi connectivity index (χ1v) is 6.51. The quantitative estimate of drug-likeness (QED) is 0.698. The van der Waals surface area contributed by atoms with E-state index in [0.29, 0.717) is 6.54 Å². The maximum Gasteiger partial charge on any atom is 0.326 e. The number of carbonyl (C=O) groups is 2. The molecule has 1 aliphatic heterocycles. The molecular formula is C13H23N3O3. The fourth-order valence-corrected chi connectivity index (χ4v) is 2.33. The van der Waals surface area contributed by atoms with Crippen molar-refractivity contribution in [2.75, 3.05) is 27.2 Å². The van der Waals surface area contributed by atoms with E-state index in [-0.39, 0.29) is 18.5 Å². The van der Waals surface area contributed by atoms with Crippen LogP contribution in [0, 0.1) is 0 Å². The van der Waals surface area contributed by atoms with Crippen molar-refractivity contribution < 1.29 is 14.7 Å². The number of nitrogens with one attached hydrogen (secondary N) is 1. The van der Waals surface area contributed by atoms with E-state index in [1.165, 1.54) is 6.08 Å². The molecular weight excluding hydrogens is 246 g/mol. The summed E-state index contributed by atoms with van der Waals surface area (Å²) in [6.45, 7) is 4.99. The highest BCUT2D eigenvalue weighted by Gasteiger charge is 2.31. The van der Waals surface area contributed by atoms with Gasteiger partial charge in [0.25, 0.3) is 0 Å². The molecule has 0 spiro atoms. The summed E-state index contributed by atoms with van der Waals surface area (Å²) in [6, 6.07) is -1.03. The van der Waals surface area contributed by atoms with Gasteiger partial charge in [0, 0.05) is 19.1 Å². The first-order valence-electron chi connectivity index (χ1n) is 6.51. The summed E-state index contributed by atoms with van der Waals surface area (Å²) in [6.07, 6.45) is 3.66. The Bertz CT molecular complexity index is 344. The van der Waals surface area contributed by atoms with Gasteiger partial charge in [0.1, 0.15) is 6.04 Å². The predicted molar refractivity (Wildman–Crippen MR) is 73.1 cm³/mol. The SMILES string of the molecule is C=CCC(NC(=O)N1CCCC1CN(C)C)C(=O)O. The van der Waals surface area contributed by atoms with E-state index < -0.39 is 12.0 Å². The van der Waals surface area contributed by atoms with Crippen molar-refractivity contribution in [3.63, 3.8) is 0 Å². The maximum absolute atomic E-state index is 12.1. The van der Waals surface area contributed by atoms with Gasteiger partial charge in [-0.05, 0) is 33.4 Å². The zero-order valence-electron chi connectivity index (χ0n) is 11.6. The van der Waals surface area contributed by atoms with Crippen molar-refractivity contribution in [3.8, 4) is 0 Å². The second kappa shape index (κ2) is 7.13. The largest absolute Gasteiger partial charge is 0.480 e. The van der Waals surface area contributed by atoms with E-state index in [9.17, 15) is 9.59 Å². The number of hydrogen-bond donors (Lipinski definition) is 2. The van der Waals surface area contributed by atoms with Crippen LogP contribution in [0.4, 0.5) is 4.79 Å². The van der Waals surface area contributed by atoms with Gasteiger partial charge in [-0.2, -0.15) is 0 Å². The van der Waals surface area contributed by atoms with Crippen LogP contribution < -0.4 is 5.32 Å². The first-order chi connectivity index (χ1) is 8.95. The molecule has 2 amide bonds. The third-order valence-electron chi connectivity index (χ3n) is 3.21. The van der Waals surface area contributed by atoms with Crippen molar-refractivity contribution in [1.29, 1.82) is 0 Å². The molecule has 0 bridgehead atoms. The fourth-order valence-electron chi connectivity index (χ4n) is 2.33. The van der Waals surface area contributed by atoms with Crippen molar-refractivity contribution in [1.82, 2.24) is 15.1 Å². The number of urea groups is 1. The number of likely N-dealkylation sites (N-methyl/N-ethyl adjacent to an activating group) is 1. The summed E-state index contributed by atoms with van der Waals surface area (Å²) in [5, 5.41) is 11.6. The van der Waals surface area contributed by atoms with E-state index in [4.69, 9.17) is 5.11 Å². The van der Waals surface area contributed by atoms with Gasteiger partial charge >= 0.3 is 12.0 Å². The number of nitrogens with zero attached hydrogens (tertiary/aromatic N) is 2. The molecule has 0 aromatic carbocycles. The Balaban J connectivity index is 2.60. The lowest BCUT2D eigenvalue weighted by Crippen LogP contribution is -2.51. The number of carboxylic acids is 1. The lowest BCUT2D eigenvalue weighted by molar-refractivity contribution is -0.139. The van der Waals surface area contributed by atoms with E-state index in [1.54, 1.807) is 4.90 Å². The molecule has 1 aliphatic rings. The monoisotopic (exact) mass is 269 g/mol. The highest BCUT2D eigenvalue weighted by atomic mass is 16.4. The van der Waals surface area contributed by atoms with Crippen molar-refractivity contribution >= 4 is 12.0 Å². The second-order valence-corrected chi connectivity index (χ2v) is 5.12. The molecule has 6 nitrogen and oxygen atoms in total. The smallest absolute Gasteiger partial charge is 0.326 e. The average molecular weight is 269 g/mol. The number of carboxylic acid groups (broad SMARTS) is 1. The lowest BCUT2D eigenvalue weighted by atomic mass is 10.2. The summed E-state index contributed by atoms with van der Waals surface area (Å²) in [4.78, 5) is 26.9. The molecule has 2 unspecified atom stereocenters. The Morgan fingerprint density at radius 3 is 2.79 bits per heavy atom. The molecule has 0 aromatic rings. The molecule has 0 aromatic heterocycles. The average Bonchev–Trinajstić information content (AvgIpc) is 2.75. The van der Waals surface area contributed by atoms with Crippen molar-refractivity contribution in [2.45, 2.75) is 31.3 Å². The van der Waals surface area contributed by atoms with Gasteiger partial charge in [-0.15, -0.1) is 6.58 Å². The van der Waals surface area contributed by atoms with Crippen LogP contribution in [0.5, 0.6) is 0 Å². The molecule has 1 rings (SSSR count). The molecule has 0 saturated carbocycles. The Hall–Kier alpha value is -1.56.